The topological polar surface area (TPSA) is 89.3 Å². The van der Waals surface area contributed by atoms with Gasteiger partial charge in [0.2, 0.25) is 10.0 Å². The predicted octanol–water partition coefficient (Wildman–Crippen LogP) is 3.49. The lowest BCUT2D eigenvalue weighted by atomic mass is 10.2. The zero-order valence-electron chi connectivity index (χ0n) is 17.6. The minimum atomic E-state index is -3.56. The summed E-state index contributed by atoms with van der Waals surface area (Å²) in [4.78, 5) is 9.19. The Kier molecular flexibility index (Phi) is 5.38. The lowest BCUT2D eigenvalue weighted by molar-refractivity contribution is 0.0730. The van der Waals surface area contributed by atoms with Gasteiger partial charge in [-0.3, -0.25) is 4.57 Å². The van der Waals surface area contributed by atoms with Gasteiger partial charge in [0.15, 0.2) is 0 Å². The number of aromatic nitrogens is 3. The van der Waals surface area contributed by atoms with E-state index in [1.54, 1.807) is 12.1 Å². The first-order valence-electron chi connectivity index (χ1n) is 10.4. The molecule has 0 bridgehead atoms. The number of nitrogens with zero attached hydrogens (tertiary/aromatic N) is 4. The number of fused-ring (bicyclic) bond motifs is 1. The molecule has 0 spiro atoms. The average Bonchev–Trinajstić information content (AvgIpc) is 3.15. The van der Waals surface area contributed by atoms with Crippen LogP contribution in [-0.4, -0.2) is 53.6 Å². The Morgan fingerprint density at radius 1 is 1.00 bits per heavy atom. The maximum atomic E-state index is 12.8. The zero-order valence-corrected chi connectivity index (χ0v) is 18.4. The first-order chi connectivity index (χ1) is 15.5. The van der Waals surface area contributed by atoms with Gasteiger partial charge in [0, 0.05) is 30.7 Å². The highest BCUT2D eigenvalue weighted by Crippen LogP contribution is 2.26. The van der Waals surface area contributed by atoms with Crippen LogP contribution < -0.4 is 5.32 Å². The van der Waals surface area contributed by atoms with E-state index in [2.05, 4.69) is 27.0 Å². The minimum absolute atomic E-state index is 0.178. The number of benzene rings is 2. The van der Waals surface area contributed by atoms with Gasteiger partial charge in [0.1, 0.15) is 16.5 Å². The van der Waals surface area contributed by atoms with E-state index in [0.717, 1.165) is 28.2 Å². The fourth-order valence-electron chi connectivity index (χ4n) is 3.87. The molecule has 1 saturated heterocycles. The van der Waals surface area contributed by atoms with Crippen molar-refractivity contribution in [3.63, 3.8) is 0 Å². The van der Waals surface area contributed by atoms with Gasteiger partial charge in [0.25, 0.3) is 0 Å². The van der Waals surface area contributed by atoms with Crippen molar-refractivity contribution < 1.29 is 13.2 Å². The molecule has 2 aromatic carbocycles. The molecule has 1 aliphatic heterocycles. The van der Waals surface area contributed by atoms with E-state index in [4.69, 9.17) is 9.72 Å². The van der Waals surface area contributed by atoms with E-state index in [-0.39, 0.29) is 4.90 Å². The number of para-hydroxylation sites is 1. The number of hydrogen-bond acceptors (Lipinski definition) is 6. The van der Waals surface area contributed by atoms with Gasteiger partial charge in [-0.25, -0.2) is 18.4 Å². The Hall–Kier alpha value is -3.27. The van der Waals surface area contributed by atoms with Crippen LogP contribution in [0.2, 0.25) is 0 Å². The van der Waals surface area contributed by atoms with Gasteiger partial charge in [0.05, 0.1) is 24.2 Å². The van der Waals surface area contributed by atoms with Gasteiger partial charge < -0.3 is 10.1 Å². The fourth-order valence-corrected chi connectivity index (χ4v) is 5.23. The zero-order chi connectivity index (χ0) is 22.1. The molecule has 0 unspecified atom stereocenters. The van der Waals surface area contributed by atoms with Crippen molar-refractivity contribution in [3.8, 4) is 5.69 Å². The Bertz CT molecular complexity index is 1350. The number of sulfonamides is 1. The molecule has 1 N–H and O–H groups in total. The Morgan fingerprint density at radius 2 is 1.78 bits per heavy atom. The van der Waals surface area contributed by atoms with E-state index in [9.17, 15) is 8.42 Å². The van der Waals surface area contributed by atoms with Crippen LogP contribution >= 0.6 is 0 Å². The third kappa shape index (κ3) is 3.86. The van der Waals surface area contributed by atoms with Crippen molar-refractivity contribution in [2.75, 3.05) is 31.6 Å². The summed E-state index contributed by atoms with van der Waals surface area (Å²) >= 11 is 0. The van der Waals surface area contributed by atoms with Crippen LogP contribution in [0.4, 0.5) is 11.5 Å². The standard InChI is InChI=1S/C23H23N5O3S/c1-17-25-21-15-18(7-9-22(21)28(17)19-5-3-2-4-6-19)26-23-10-8-20(16-24-23)32(29,30)27-11-13-31-14-12-27/h2-10,15-16H,11-14H2,1H3,(H,24,26). The van der Waals surface area contributed by atoms with Crippen molar-refractivity contribution in [1.82, 2.24) is 18.8 Å². The van der Waals surface area contributed by atoms with Crippen LogP contribution in [0.15, 0.2) is 71.8 Å². The molecule has 0 atom stereocenters. The number of aryl methyl sites for hydroxylation is 1. The summed E-state index contributed by atoms with van der Waals surface area (Å²) in [5.74, 6) is 1.46. The van der Waals surface area contributed by atoms with Crippen LogP contribution in [0, 0.1) is 6.92 Å². The molecule has 0 saturated carbocycles. The maximum absolute atomic E-state index is 12.8. The molecule has 8 nitrogen and oxygen atoms in total. The lowest BCUT2D eigenvalue weighted by Crippen LogP contribution is -2.40. The van der Waals surface area contributed by atoms with Crippen molar-refractivity contribution in [3.05, 3.63) is 72.7 Å². The van der Waals surface area contributed by atoms with Gasteiger partial charge in [-0.2, -0.15) is 4.31 Å². The highest BCUT2D eigenvalue weighted by Gasteiger charge is 2.26. The lowest BCUT2D eigenvalue weighted by Gasteiger charge is -2.25. The van der Waals surface area contributed by atoms with E-state index in [1.165, 1.54) is 10.5 Å². The van der Waals surface area contributed by atoms with E-state index in [0.29, 0.717) is 32.1 Å². The largest absolute Gasteiger partial charge is 0.379 e. The second kappa shape index (κ2) is 8.34. The molecule has 32 heavy (non-hydrogen) atoms. The highest BCUT2D eigenvalue weighted by atomic mass is 32.2. The van der Waals surface area contributed by atoms with Crippen LogP contribution in [-0.2, 0) is 14.8 Å². The molecule has 2 aromatic heterocycles. The number of ether oxygens (including phenoxy) is 1. The third-order valence-corrected chi connectivity index (χ3v) is 7.34. The molecular weight excluding hydrogens is 426 g/mol. The summed E-state index contributed by atoms with van der Waals surface area (Å²) in [5, 5.41) is 3.23. The number of morpholine rings is 1. The number of pyridine rings is 1. The smallest absolute Gasteiger partial charge is 0.244 e. The Labute approximate surface area is 186 Å². The number of anilines is 2. The maximum Gasteiger partial charge on any atom is 0.244 e. The molecular formula is C23H23N5O3S. The van der Waals surface area contributed by atoms with Gasteiger partial charge in [-0.1, -0.05) is 18.2 Å². The SMILES string of the molecule is Cc1nc2cc(Nc3ccc(S(=O)(=O)N4CCOCC4)cn3)ccc2n1-c1ccccc1. The molecule has 4 aromatic rings. The molecule has 9 heteroatoms. The van der Waals surface area contributed by atoms with Crippen LogP contribution in [0.5, 0.6) is 0 Å². The molecule has 3 heterocycles. The third-order valence-electron chi connectivity index (χ3n) is 5.45. The predicted molar refractivity (Wildman–Crippen MR) is 123 cm³/mol. The van der Waals surface area contributed by atoms with Gasteiger partial charge >= 0.3 is 0 Å². The van der Waals surface area contributed by atoms with E-state index < -0.39 is 10.0 Å². The minimum Gasteiger partial charge on any atom is -0.379 e. The quantitative estimate of drug-likeness (QED) is 0.502. The Balaban J connectivity index is 1.38. The summed E-state index contributed by atoms with van der Waals surface area (Å²) in [5.41, 5.74) is 3.76. The molecule has 1 fully saturated rings. The summed E-state index contributed by atoms with van der Waals surface area (Å²) in [6.07, 6.45) is 1.39. The molecule has 0 radical (unpaired) electrons. The van der Waals surface area contributed by atoms with Crippen molar-refractivity contribution in [2.45, 2.75) is 11.8 Å². The van der Waals surface area contributed by atoms with E-state index >= 15 is 0 Å². The summed E-state index contributed by atoms with van der Waals surface area (Å²) in [6.45, 7) is 3.52. The number of rotatable bonds is 5. The molecule has 0 aliphatic carbocycles. The number of nitrogens with one attached hydrogen (secondary N) is 1. The van der Waals surface area contributed by atoms with Crippen LogP contribution in [0.25, 0.3) is 16.7 Å². The first-order valence-corrected chi connectivity index (χ1v) is 11.8. The van der Waals surface area contributed by atoms with Gasteiger partial charge in [-0.15, -0.1) is 0 Å². The fraction of sp³-hybridized carbons (Fsp3) is 0.217. The number of hydrogen-bond donors (Lipinski definition) is 1. The van der Waals surface area contributed by atoms with Crippen molar-refractivity contribution in [2.24, 2.45) is 0 Å². The second-order valence-corrected chi connectivity index (χ2v) is 9.49. The Morgan fingerprint density at radius 3 is 2.50 bits per heavy atom. The number of imidazole rings is 1. The normalized spacial score (nSPS) is 15.2. The average molecular weight is 450 g/mol. The monoisotopic (exact) mass is 449 g/mol. The molecule has 0 amide bonds. The first kappa shape index (κ1) is 20.6. The second-order valence-electron chi connectivity index (χ2n) is 7.55. The van der Waals surface area contributed by atoms with Crippen molar-refractivity contribution in [1.29, 1.82) is 0 Å². The van der Waals surface area contributed by atoms with Crippen molar-refractivity contribution >= 4 is 32.6 Å². The molecule has 164 valence electrons. The van der Waals surface area contributed by atoms with E-state index in [1.807, 2.05) is 43.3 Å². The van der Waals surface area contributed by atoms with Gasteiger partial charge in [-0.05, 0) is 49.4 Å². The van der Waals surface area contributed by atoms with Crippen LogP contribution in [0.3, 0.4) is 0 Å². The summed E-state index contributed by atoms with van der Waals surface area (Å²) < 4.78 is 34.3. The summed E-state index contributed by atoms with van der Waals surface area (Å²) in [6, 6.07) is 19.3. The van der Waals surface area contributed by atoms with Crippen LogP contribution in [0.1, 0.15) is 5.82 Å². The highest BCUT2D eigenvalue weighted by molar-refractivity contribution is 7.89. The molecule has 1 aliphatic rings. The summed E-state index contributed by atoms with van der Waals surface area (Å²) in [7, 11) is -3.56. The molecule has 5 rings (SSSR count).